The van der Waals surface area contributed by atoms with Crippen molar-refractivity contribution in [3.63, 3.8) is 0 Å². The van der Waals surface area contributed by atoms with E-state index in [-0.39, 0.29) is 11.5 Å². The summed E-state index contributed by atoms with van der Waals surface area (Å²) in [4.78, 5) is 19.9. The second-order valence-corrected chi connectivity index (χ2v) is 2.97. The quantitative estimate of drug-likeness (QED) is 0.762. The third kappa shape index (κ3) is 2.20. The van der Waals surface area contributed by atoms with Gasteiger partial charge in [0.2, 0.25) is 0 Å². The van der Waals surface area contributed by atoms with Gasteiger partial charge in [0, 0.05) is 19.4 Å². The summed E-state index contributed by atoms with van der Waals surface area (Å²) in [6.45, 7) is 1.51. The Morgan fingerprint density at radius 2 is 2.20 bits per heavy atom. The fourth-order valence-electron chi connectivity index (χ4n) is 1.02. The lowest BCUT2D eigenvalue weighted by Gasteiger charge is -2.22. The van der Waals surface area contributed by atoms with E-state index in [1.54, 1.807) is 7.05 Å². The lowest BCUT2D eigenvalue weighted by atomic mass is 10.3. The van der Waals surface area contributed by atoms with Crippen LogP contribution in [0.3, 0.4) is 0 Å². The molecule has 6 nitrogen and oxygen atoms in total. The summed E-state index contributed by atoms with van der Waals surface area (Å²) in [7, 11) is 1.56. The van der Waals surface area contributed by atoms with Crippen molar-refractivity contribution in [2.75, 3.05) is 11.9 Å². The molecule has 0 aliphatic rings. The summed E-state index contributed by atoms with van der Waals surface area (Å²) >= 11 is 0. The van der Waals surface area contributed by atoms with Crippen LogP contribution in [0.2, 0.25) is 0 Å². The fraction of sp³-hybridized carbons (Fsp3) is 0.333. The van der Waals surface area contributed by atoms with Crippen molar-refractivity contribution in [3.05, 3.63) is 18.1 Å². The standard InChI is InChI=1S/C9H10N4O2/c1-6(9(14)15)13(2)8-7(5-10)11-3-4-12-8/h3-4,6H,1-2H3,(H,14,15). The van der Waals surface area contributed by atoms with Gasteiger partial charge in [-0.05, 0) is 6.92 Å². The lowest BCUT2D eigenvalue weighted by Crippen LogP contribution is -2.36. The van der Waals surface area contributed by atoms with Crippen LogP contribution in [0, 0.1) is 11.3 Å². The Kier molecular flexibility index (Phi) is 3.18. The minimum atomic E-state index is -0.980. The van der Waals surface area contributed by atoms with Gasteiger partial charge in [-0.1, -0.05) is 0 Å². The number of aliphatic carboxylic acids is 1. The molecule has 1 N–H and O–H groups in total. The number of hydrogen-bond donors (Lipinski definition) is 1. The normalized spacial score (nSPS) is 11.5. The maximum absolute atomic E-state index is 10.7. The lowest BCUT2D eigenvalue weighted by molar-refractivity contribution is -0.138. The summed E-state index contributed by atoms with van der Waals surface area (Å²) in [5.74, 6) is -0.707. The van der Waals surface area contributed by atoms with Gasteiger partial charge in [-0.2, -0.15) is 5.26 Å². The van der Waals surface area contributed by atoms with Gasteiger partial charge in [0.1, 0.15) is 12.1 Å². The first-order valence-corrected chi connectivity index (χ1v) is 4.24. The highest BCUT2D eigenvalue weighted by atomic mass is 16.4. The van der Waals surface area contributed by atoms with Crippen molar-refractivity contribution < 1.29 is 9.90 Å². The monoisotopic (exact) mass is 206 g/mol. The Morgan fingerprint density at radius 3 is 2.73 bits per heavy atom. The van der Waals surface area contributed by atoms with Gasteiger partial charge < -0.3 is 10.0 Å². The van der Waals surface area contributed by atoms with Crippen molar-refractivity contribution in [2.24, 2.45) is 0 Å². The van der Waals surface area contributed by atoms with Crippen LogP contribution in [-0.2, 0) is 4.79 Å². The van der Waals surface area contributed by atoms with E-state index in [0.717, 1.165) is 0 Å². The van der Waals surface area contributed by atoms with Crippen LogP contribution in [0.4, 0.5) is 5.82 Å². The maximum Gasteiger partial charge on any atom is 0.326 e. The molecule has 15 heavy (non-hydrogen) atoms. The average molecular weight is 206 g/mol. The SMILES string of the molecule is CC(C(=O)O)N(C)c1nccnc1C#N. The van der Waals surface area contributed by atoms with Crippen LogP contribution in [0.25, 0.3) is 0 Å². The number of aromatic nitrogens is 2. The molecule has 0 saturated heterocycles. The predicted molar refractivity (Wildman–Crippen MR) is 52.2 cm³/mol. The molecule has 6 heteroatoms. The van der Waals surface area contributed by atoms with E-state index in [4.69, 9.17) is 10.4 Å². The molecular formula is C9H10N4O2. The first kappa shape index (κ1) is 10.9. The van der Waals surface area contributed by atoms with Crippen LogP contribution >= 0.6 is 0 Å². The molecule has 0 fully saturated rings. The molecule has 78 valence electrons. The van der Waals surface area contributed by atoms with Crippen molar-refractivity contribution in [1.82, 2.24) is 9.97 Å². The number of anilines is 1. The van der Waals surface area contributed by atoms with E-state index in [9.17, 15) is 4.79 Å². The Bertz CT molecular complexity index is 413. The molecule has 1 unspecified atom stereocenters. The molecule has 1 atom stereocenters. The van der Waals surface area contributed by atoms with Gasteiger partial charge in [-0.3, -0.25) is 0 Å². The molecule has 0 saturated carbocycles. The topological polar surface area (TPSA) is 90.1 Å². The molecule has 0 aliphatic heterocycles. The smallest absolute Gasteiger partial charge is 0.326 e. The highest BCUT2D eigenvalue weighted by Gasteiger charge is 2.20. The van der Waals surface area contributed by atoms with Crippen LogP contribution in [0.1, 0.15) is 12.6 Å². The second-order valence-electron chi connectivity index (χ2n) is 2.97. The molecule has 0 aromatic carbocycles. The number of nitrogens with zero attached hydrogens (tertiary/aromatic N) is 4. The van der Waals surface area contributed by atoms with Crippen LogP contribution in [0.5, 0.6) is 0 Å². The Balaban J connectivity index is 3.06. The van der Waals surface area contributed by atoms with Gasteiger partial charge in [-0.25, -0.2) is 14.8 Å². The van der Waals surface area contributed by atoms with E-state index in [1.165, 1.54) is 24.2 Å². The number of carboxylic acid groups (broad SMARTS) is 1. The van der Waals surface area contributed by atoms with E-state index in [1.807, 2.05) is 6.07 Å². The zero-order valence-electron chi connectivity index (χ0n) is 8.38. The van der Waals surface area contributed by atoms with E-state index >= 15 is 0 Å². The molecule has 0 bridgehead atoms. The fourth-order valence-corrected chi connectivity index (χ4v) is 1.02. The summed E-state index contributed by atoms with van der Waals surface area (Å²) in [5, 5.41) is 17.6. The summed E-state index contributed by atoms with van der Waals surface area (Å²) in [6, 6.07) is 1.11. The second kappa shape index (κ2) is 4.37. The predicted octanol–water partition coefficient (Wildman–Crippen LogP) is 0.258. The highest BCUT2D eigenvalue weighted by molar-refractivity contribution is 5.77. The molecule has 0 spiro atoms. The molecule has 1 rings (SSSR count). The van der Waals surface area contributed by atoms with Crippen molar-refractivity contribution >= 4 is 11.8 Å². The van der Waals surface area contributed by atoms with E-state index in [0.29, 0.717) is 0 Å². The van der Waals surface area contributed by atoms with E-state index in [2.05, 4.69) is 9.97 Å². The minimum absolute atomic E-state index is 0.119. The zero-order chi connectivity index (χ0) is 11.4. The third-order valence-corrected chi connectivity index (χ3v) is 2.06. The number of nitriles is 1. The minimum Gasteiger partial charge on any atom is -0.480 e. The number of hydrogen-bond acceptors (Lipinski definition) is 5. The molecule has 0 radical (unpaired) electrons. The van der Waals surface area contributed by atoms with Crippen molar-refractivity contribution in [3.8, 4) is 6.07 Å². The number of carboxylic acids is 1. The molecular weight excluding hydrogens is 196 g/mol. The molecule has 0 aliphatic carbocycles. The summed E-state index contributed by atoms with van der Waals surface area (Å²) in [5.41, 5.74) is 0.119. The Morgan fingerprint density at radius 1 is 1.60 bits per heavy atom. The highest BCUT2D eigenvalue weighted by Crippen LogP contribution is 2.14. The van der Waals surface area contributed by atoms with Crippen molar-refractivity contribution in [1.29, 1.82) is 5.26 Å². The maximum atomic E-state index is 10.7. The first-order valence-electron chi connectivity index (χ1n) is 4.24. The zero-order valence-corrected chi connectivity index (χ0v) is 8.38. The summed E-state index contributed by atoms with van der Waals surface area (Å²) in [6.07, 6.45) is 2.81. The van der Waals surface area contributed by atoms with Gasteiger partial charge in [0.15, 0.2) is 11.5 Å². The summed E-state index contributed by atoms with van der Waals surface area (Å²) < 4.78 is 0. The number of carbonyl (C=O) groups is 1. The van der Waals surface area contributed by atoms with Gasteiger partial charge in [0.25, 0.3) is 0 Å². The Hall–Kier alpha value is -2.16. The Labute approximate surface area is 86.8 Å². The van der Waals surface area contributed by atoms with Crippen LogP contribution < -0.4 is 4.90 Å². The number of likely N-dealkylation sites (N-methyl/N-ethyl adjacent to an activating group) is 1. The van der Waals surface area contributed by atoms with E-state index < -0.39 is 12.0 Å². The third-order valence-electron chi connectivity index (χ3n) is 2.06. The van der Waals surface area contributed by atoms with Crippen LogP contribution in [-0.4, -0.2) is 34.1 Å². The molecule has 1 heterocycles. The molecule has 1 aromatic heterocycles. The largest absolute Gasteiger partial charge is 0.480 e. The van der Waals surface area contributed by atoms with Gasteiger partial charge in [0.05, 0.1) is 0 Å². The van der Waals surface area contributed by atoms with Crippen molar-refractivity contribution in [2.45, 2.75) is 13.0 Å². The van der Waals surface area contributed by atoms with Crippen LogP contribution in [0.15, 0.2) is 12.4 Å². The first-order chi connectivity index (χ1) is 7.07. The van der Waals surface area contributed by atoms with Gasteiger partial charge >= 0.3 is 5.97 Å². The van der Waals surface area contributed by atoms with Gasteiger partial charge in [-0.15, -0.1) is 0 Å². The average Bonchev–Trinajstić information content (AvgIpc) is 2.26. The molecule has 1 aromatic rings. The molecule has 0 amide bonds. The number of rotatable bonds is 3.